The highest BCUT2D eigenvalue weighted by molar-refractivity contribution is 6.31. The quantitative estimate of drug-likeness (QED) is 0.461. The number of benzene rings is 2. The number of hydrogen-bond acceptors (Lipinski definition) is 6. The van der Waals surface area contributed by atoms with Gasteiger partial charge in [0, 0.05) is 62.9 Å². The van der Waals surface area contributed by atoms with E-state index >= 15 is 0 Å². The van der Waals surface area contributed by atoms with Crippen LogP contribution in [0.2, 0.25) is 5.02 Å². The predicted octanol–water partition coefficient (Wildman–Crippen LogP) is 4.14. The third kappa shape index (κ3) is 7.79. The maximum absolute atomic E-state index is 15.0. The number of nitrogens with zero attached hydrogens (tertiary/aromatic N) is 3. The van der Waals surface area contributed by atoms with Crippen LogP contribution in [-0.4, -0.2) is 92.1 Å². The van der Waals surface area contributed by atoms with Gasteiger partial charge in [-0.2, -0.15) is 13.2 Å². The molecule has 2 aliphatic heterocycles. The Labute approximate surface area is 228 Å². The second kappa shape index (κ2) is 12.8. The zero-order valence-electron chi connectivity index (χ0n) is 21.1. The van der Waals surface area contributed by atoms with E-state index in [1.54, 1.807) is 23.1 Å². The van der Waals surface area contributed by atoms with Gasteiger partial charge in [0.05, 0.1) is 42.7 Å². The van der Waals surface area contributed by atoms with Crippen molar-refractivity contribution in [2.45, 2.75) is 25.2 Å². The summed E-state index contributed by atoms with van der Waals surface area (Å²) < 4.78 is 73.0. The first-order chi connectivity index (χ1) is 18.5. The number of alkyl halides is 3. The number of carbonyl (C=O) groups excluding carboxylic acids is 1. The Morgan fingerprint density at radius 1 is 1.05 bits per heavy atom. The van der Waals surface area contributed by atoms with Gasteiger partial charge in [-0.25, -0.2) is 8.78 Å². The van der Waals surface area contributed by atoms with Crippen LogP contribution in [0, 0.1) is 11.6 Å². The van der Waals surface area contributed by atoms with E-state index in [4.69, 9.17) is 16.3 Å². The molecule has 0 radical (unpaired) electrons. The summed E-state index contributed by atoms with van der Waals surface area (Å²) in [6, 6.07) is 7.29. The number of piperazine rings is 1. The summed E-state index contributed by atoms with van der Waals surface area (Å²) in [6.45, 7) is 2.64. The highest BCUT2D eigenvalue weighted by atomic mass is 35.5. The molecule has 7 nitrogen and oxygen atoms in total. The zero-order chi connectivity index (χ0) is 28.2. The van der Waals surface area contributed by atoms with E-state index in [9.17, 15) is 31.9 Å². The summed E-state index contributed by atoms with van der Waals surface area (Å²) in [4.78, 5) is 18.4. The van der Waals surface area contributed by atoms with Crippen LogP contribution in [0.5, 0.6) is 0 Å². The largest absolute Gasteiger partial charge is 0.394 e. The summed E-state index contributed by atoms with van der Waals surface area (Å²) >= 11 is 6.17. The normalized spacial score (nSPS) is 19.4. The van der Waals surface area contributed by atoms with Crippen molar-refractivity contribution in [3.63, 3.8) is 0 Å². The minimum absolute atomic E-state index is 0.0817. The summed E-state index contributed by atoms with van der Waals surface area (Å²) in [6.07, 6.45) is -5.50. The van der Waals surface area contributed by atoms with Gasteiger partial charge >= 0.3 is 6.18 Å². The fourth-order valence-corrected chi connectivity index (χ4v) is 4.89. The number of hydrogen-bond donors (Lipinski definition) is 2. The Morgan fingerprint density at radius 2 is 1.79 bits per heavy atom. The van der Waals surface area contributed by atoms with Crippen LogP contribution in [0.25, 0.3) is 0 Å². The molecule has 2 aromatic carbocycles. The maximum Gasteiger partial charge on any atom is 0.390 e. The fourth-order valence-electron chi connectivity index (χ4n) is 4.72. The highest BCUT2D eigenvalue weighted by Gasteiger charge is 2.29. The van der Waals surface area contributed by atoms with E-state index in [1.165, 1.54) is 12.1 Å². The molecule has 2 saturated heterocycles. The molecule has 2 fully saturated rings. The molecule has 2 aliphatic rings. The van der Waals surface area contributed by atoms with Gasteiger partial charge in [-0.05, 0) is 24.3 Å². The van der Waals surface area contributed by atoms with E-state index in [2.05, 4.69) is 5.32 Å². The molecule has 13 heteroatoms. The molecule has 2 aromatic rings. The van der Waals surface area contributed by atoms with Crippen LogP contribution < -0.4 is 10.2 Å². The zero-order valence-corrected chi connectivity index (χ0v) is 21.9. The standard InChI is InChI=1S/C26H30ClF5N4O3/c27-18-2-4-21(22(13-18)36-9-7-34(8-10-36)6-5-26(30,31)32)33-25(38)20-3-1-17(23(28)24(20)29)14-35-11-12-39-19(15-35)16-37/h1-4,13,19,37H,5-12,14-16H2,(H,33,38). The van der Waals surface area contributed by atoms with Crippen LogP contribution in [0.15, 0.2) is 30.3 Å². The number of morpholine rings is 1. The van der Waals surface area contributed by atoms with Crippen LogP contribution in [-0.2, 0) is 11.3 Å². The first-order valence-corrected chi connectivity index (χ1v) is 13.0. The Kier molecular flexibility index (Phi) is 9.65. The summed E-state index contributed by atoms with van der Waals surface area (Å²) in [5.74, 6) is -3.25. The third-order valence-corrected chi connectivity index (χ3v) is 7.09. The van der Waals surface area contributed by atoms with Crippen molar-refractivity contribution >= 4 is 28.9 Å². The number of amides is 1. The van der Waals surface area contributed by atoms with E-state index in [1.807, 2.05) is 9.80 Å². The second-order valence-corrected chi connectivity index (χ2v) is 10.1. The van der Waals surface area contributed by atoms with Gasteiger partial charge in [-0.15, -0.1) is 0 Å². The van der Waals surface area contributed by atoms with Crippen LogP contribution >= 0.6 is 11.6 Å². The van der Waals surface area contributed by atoms with Gasteiger partial charge in [0.2, 0.25) is 0 Å². The number of ether oxygens (including phenoxy) is 1. The lowest BCUT2D eigenvalue weighted by Crippen LogP contribution is -2.47. The molecule has 39 heavy (non-hydrogen) atoms. The van der Waals surface area contributed by atoms with Gasteiger partial charge < -0.3 is 20.1 Å². The molecule has 0 bridgehead atoms. The van der Waals surface area contributed by atoms with E-state index in [-0.39, 0.29) is 25.3 Å². The van der Waals surface area contributed by atoms with E-state index in [0.717, 1.165) is 0 Å². The summed E-state index contributed by atoms with van der Waals surface area (Å²) in [5.41, 5.74) is 0.470. The number of halogens is 6. The molecule has 2 heterocycles. The number of rotatable bonds is 8. The molecule has 0 aromatic heterocycles. The van der Waals surface area contributed by atoms with E-state index in [0.29, 0.717) is 62.3 Å². The van der Waals surface area contributed by atoms with Crippen LogP contribution in [0.1, 0.15) is 22.3 Å². The first-order valence-electron chi connectivity index (χ1n) is 12.6. The second-order valence-electron chi connectivity index (χ2n) is 9.62. The SMILES string of the molecule is O=C(Nc1ccc(Cl)cc1N1CCN(CCC(F)(F)F)CC1)c1ccc(CN2CCOC(CO)C2)c(F)c1F. The van der Waals surface area contributed by atoms with Gasteiger partial charge in [-0.3, -0.25) is 14.6 Å². The molecule has 1 amide bonds. The van der Waals surface area contributed by atoms with Crippen molar-refractivity contribution in [3.05, 3.63) is 58.1 Å². The predicted molar refractivity (Wildman–Crippen MR) is 137 cm³/mol. The molecule has 0 aliphatic carbocycles. The lowest BCUT2D eigenvalue weighted by atomic mass is 10.1. The molecule has 2 N–H and O–H groups in total. The van der Waals surface area contributed by atoms with Gasteiger partial charge in [0.15, 0.2) is 11.6 Å². The lowest BCUT2D eigenvalue weighted by Gasteiger charge is -2.37. The number of carbonyl (C=O) groups is 1. The van der Waals surface area contributed by atoms with Crippen molar-refractivity contribution < 1.29 is 36.6 Å². The topological polar surface area (TPSA) is 68.3 Å². The van der Waals surface area contributed by atoms with Crippen molar-refractivity contribution in [2.75, 3.05) is 69.2 Å². The number of anilines is 2. The summed E-state index contributed by atoms with van der Waals surface area (Å²) in [5, 5.41) is 12.3. The average Bonchev–Trinajstić information content (AvgIpc) is 2.91. The van der Waals surface area contributed by atoms with Crippen molar-refractivity contribution in [3.8, 4) is 0 Å². The van der Waals surface area contributed by atoms with E-state index < -0.39 is 41.8 Å². The minimum atomic E-state index is -4.22. The number of nitrogens with one attached hydrogen (secondary N) is 1. The Hall–Kier alpha value is -2.51. The van der Waals surface area contributed by atoms with Gasteiger partial charge in [0.1, 0.15) is 0 Å². The molecule has 1 unspecified atom stereocenters. The molecule has 4 rings (SSSR count). The number of aliphatic hydroxyl groups excluding tert-OH is 1. The molecular weight excluding hydrogens is 547 g/mol. The average molecular weight is 577 g/mol. The Morgan fingerprint density at radius 3 is 2.49 bits per heavy atom. The Balaban J connectivity index is 1.43. The highest BCUT2D eigenvalue weighted by Crippen LogP contribution is 2.31. The maximum atomic E-state index is 15.0. The first kappa shape index (κ1) is 29.5. The molecule has 1 atom stereocenters. The lowest BCUT2D eigenvalue weighted by molar-refractivity contribution is -0.138. The van der Waals surface area contributed by atoms with Crippen LogP contribution in [0.3, 0.4) is 0 Å². The van der Waals surface area contributed by atoms with Crippen molar-refractivity contribution in [2.24, 2.45) is 0 Å². The van der Waals surface area contributed by atoms with Crippen LogP contribution in [0.4, 0.5) is 33.3 Å². The Bertz CT molecular complexity index is 1160. The van der Waals surface area contributed by atoms with Crippen molar-refractivity contribution in [1.29, 1.82) is 0 Å². The third-order valence-electron chi connectivity index (χ3n) is 6.86. The fraction of sp³-hybridized carbons (Fsp3) is 0.500. The minimum Gasteiger partial charge on any atom is -0.394 e. The molecular formula is C26H30ClF5N4O3. The molecule has 0 spiro atoms. The monoisotopic (exact) mass is 576 g/mol. The van der Waals surface area contributed by atoms with Gasteiger partial charge in [-0.1, -0.05) is 17.7 Å². The molecule has 214 valence electrons. The van der Waals surface area contributed by atoms with Crippen molar-refractivity contribution in [1.82, 2.24) is 9.80 Å². The molecule has 0 saturated carbocycles. The number of aliphatic hydroxyl groups is 1. The summed E-state index contributed by atoms with van der Waals surface area (Å²) in [7, 11) is 0. The smallest absolute Gasteiger partial charge is 0.390 e. The van der Waals surface area contributed by atoms with Gasteiger partial charge in [0.25, 0.3) is 5.91 Å².